The van der Waals surface area contributed by atoms with Crippen LogP contribution in [0.1, 0.15) is 6.42 Å². The van der Waals surface area contributed by atoms with Crippen LogP contribution in [0.4, 0.5) is 0 Å². The van der Waals surface area contributed by atoms with Crippen LogP contribution in [0.15, 0.2) is 0 Å². The van der Waals surface area contributed by atoms with Gasteiger partial charge in [0.2, 0.25) is 0 Å². The van der Waals surface area contributed by atoms with Gasteiger partial charge in [0, 0.05) is 0 Å². The molecule has 7 heavy (non-hydrogen) atoms. The van der Waals surface area contributed by atoms with Gasteiger partial charge in [-0.05, 0) is 12.6 Å². The molecular weight excluding hydrogens is 150 g/mol. The van der Waals surface area contributed by atoms with Gasteiger partial charge in [-0.15, -0.1) is 31.8 Å². The quantitative estimate of drug-likeness (QED) is 0.373. The fraction of sp³-hybridized carbons (Fsp3) is 1.00. The minimum Gasteiger partial charge on any atom is -0.121 e. The Morgan fingerprint density at radius 2 is 2.14 bits per heavy atom. The fourth-order valence-corrected chi connectivity index (χ4v) is 2.82. The second kappa shape index (κ2) is 2.53. The molecular formula is C4H7Cl2P. The lowest BCUT2D eigenvalue weighted by molar-refractivity contribution is 0.929. The molecule has 0 amide bonds. The van der Waals surface area contributed by atoms with Gasteiger partial charge in [-0.3, -0.25) is 0 Å². The second-order valence-corrected chi connectivity index (χ2v) is 4.59. The topological polar surface area (TPSA) is 0 Å². The average molecular weight is 157 g/mol. The number of alkyl halides is 2. The summed E-state index contributed by atoms with van der Waals surface area (Å²) >= 11 is 11.5. The largest absolute Gasteiger partial charge is 0.121 e. The van der Waals surface area contributed by atoms with Gasteiger partial charge in [0.25, 0.3) is 0 Å². The average Bonchev–Trinajstić information content (AvgIpc) is 1.91. The standard InChI is InChI=1S/C4H7Cl2P/c5-3-1-2-7-4(3)6/h3-4,7H,1-2H2. The Morgan fingerprint density at radius 3 is 2.29 bits per heavy atom. The van der Waals surface area contributed by atoms with Gasteiger partial charge < -0.3 is 0 Å². The molecule has 0 aromatic rings. The van der Waals surface area contributed by atoms with Crippen LogP contribution in [0.2, 0.25) is 0 Å². The molecule has 0 N–H and O–H groups in total. The molecule has 0 aromatic heterocycles. The summed E-state index contributed by atoms with van der Waals surface area (Å²) in [6, 6.07) is 0. The Morgan fingerprint density at radius 1 is 1.43 bits per heavy atom. The Labute approximate surface area is 55.3 Å². The molecule has 42 valence electrons. The molecule has 1 heterocycles. The highest BCUT2D eigenvalue weighted by molar-refractivity contribution is 7.42. The molecule has 1 fully saturated rings. The molecule has 3 heteroatoms. The minimum atomic E-state index is 0.264. The van der Waals surface area contributed by atoms with Crippen molar-refractivity contribution < 1.29 is 0 Å². The number of hydrogen-bond donors (Lipinski definition) is 0. The molecule has 0 aromatic carbocycles. The van der Waals surface area contributed by atoms with Crippen LogP contribution in [-0.2, 0) is 0 Å². The van der Waals surface area contributed by atoms with Crippen LogP contribution < -0.4 is 0 Å². The lowest BCUT2D eigenvalue weighted by Crippen LogP contribution is -2.00. The van der Waals surface area contributed by atoms with Gasteiger partial charge in [0.1, 0.15) is 0 Å². The van der Waals surface area contributed by atoms with Crippen molar-refractivity contribution in [3.63, 3.8) is 0 Å². The zero-order valence-corrected chi connectivity index (χ0v) is 6.34. The van der Waals surface area contributed by atoms with E-state index >= 15 is 0 Å². The third-order valence-electron chi connectivity index (χ3n) is 1.08. The van der Waals surface area contributed by atoms with Gasteiger partial charge in [0.05, 0.1) is 10.5 Å². The van der Waals surface area contributed by atoms with Crippen molar-refractivity contribution in [2.75, 3.05) is 6.16 Å². The SMILES string of the molecule is ClC1CCPC1Cl. The van der Waals surface area contributed by atoms with Crippen LogP contribution in [-0.4, -0.2) is 16.7 Å². The van der Waals surface area contributed by atoms with Crippen molar-refractivity contribution in [1.82, 2.24) is 0 Å². The lowest BCUT2D eigenvalue weighted by Gasteiger charge is -1.99. The molecule has 3 unspecified atom stereocenters. The van der Waals surface area contributed by atoms with E-state index in [1.54, 1.807) is 0 Å². The molecule has 0 bridgehead atoms. The molecule has 0 radical (unpaired) electrons. The summed E-state index contributed by atoms with van der Waals surface area (Å²) in [7, 11) is 0.896. The molecule has 0 aliphatic carbocycles. The van der Waals surface area contributed by atoms with Crippen LogP contribution in [0, 0.1) is 0 Å². The number of rotatable bonds is 0. The first-order chi connectivity index (χ1) is 3.30. The molecule has 0 nitrogen and oxygen atoms in total. The minimum absolute atomic E-state index is 0.264. The molecule has 1 aliphatic heterocycles. The maximum absolute atomic E-state index is 5.74. The normalized spacial score (nSPS) is 45.4. The predicted molar refractivity (Wildman–Crippen MR) is 37.1 cm³/mol. The highest BCUT2D eigenvalue weighted by Gasteiger charge is 2.21. The van der Waals surface area contributed by atoms with E-state index in [-0.39, 0.29) is 10.5 Å². The summed E-state index contributed by atoms with van der Waals surface area (Å²) in [4.78, 5) is 0. The molecule has 1 saturated heterocycles. The zero-order chi connectivity index (χ0) is 5.28. The summed E-state index contributed by atoms with van der Waals surface area (Å²) in [6.45, 7) is 0. The highest BCUT2D eigenvalue weighted by atomic mass is 35.5. The molecule has 1 rings (SSSR count). The lowest BCUT2D eigenvalue weighted by atomic mass is 10.4. The fourth-order valence-electron chi connectivity index (χ4n) is 0.633. The van der Waals surface area contributed by atoms with Crippen LogP contribution >= 0.6 is 31.8 Å². The summed E-state index contributed by atoms with van der Waals surface area (Å²) in [5.74, 6) is 0. The van der Waals surface area contributed by atoms with Crippen molar-refractivity contribution in [3.05, 3.63) is 0 Å². The predicted octanol–water partition coefficient (Wildman–Crippen LogP) is 2.24. The second-order valence-electron chi connectivity index (χ2n) is 1.66. The van der Waals surface area contributed by atoms with Crippen molar-refractivity contribution >= 4 is 31.8 Å². The van der Waals surface area contributed by atoms with E-state index in [1.807, 2.05) is 0 Å². The first kappa shape index (κ1) is 6.13. The van der Waals surface area contributed by atoms with Crippen LogP contribution in [0.5, 0.6) is 0 Å². The van der Waals surface area contributed by atoms with Gasteiger partial charge in [-0.1, -0.05) is 0 Å². The van der Waals surface area contributed by atoms with Crippen LogP contribution in [0.25, 0.3) is 0 Å². The van der Waals surface area contributed by atoms with E-state index in [4.69, 9.17) is 23.2 Å². The van der Waals surface area contributed by atoms with Crippen molar-refractivity contribution in [1.29, 1.82) is 0 Å². The maximum atomic E-state index is 5.74. The maximum Gasteiger partial charge on any atom is 0.0667 e. The summed E-state index contributed by atoms with van der Waals surface area (Å²) < 4.78 is 0. The Bertz CT molecular complexity index is 58.7. The molecule has 3 atom stereocenters. The molecule has 0 saturated carbocycles. The van der Waals surface area contributed by atoms with Gasteiger partial charge in [0.15, 0.2) is 0 Å². The van der Waals surface area contributed by atoms with Gasteiger partial charge in [-0.25, -0.2) is 0 Å². The van der Waals surface area contributed by atoms with Crippen molar-refractivity contribution in [2.24, 2.45) is 0 Å². The number of hydrogen-bond acceptors (Lipinski definition) is 0. The molecule has 0 spiro atoms. The Kier molecular flexibility index (Phi) is 2.21. The zero-order valence-electron chi connectivity index (χ0n) is 3.82. The van der Waals surface area contributed by atoms with E-state index < -0.39 is 0 Å². The smallest absolute Gasteiger partial charge is 0.0667 e. The summed E-state index contributed by atoms with van der Waals surface area (Å²) in [5, 5.41) is 0.543. The number of halogens is 2. The summed E-state index contributed by atoms with van der Waals surface area (Å²) in [6.07, 6.45) is 2.36. The third kappa shape index (κ3) is 1.45. The monoisotopic (exact) mass is 156 g/mol. The highest BCUT2D eigenvalue weighted by Crippen LogP contribution is 2.38. The van der Waals surface area contributed by atoms with E-state index in [2.05, 4.69) is 0 Å². The Hall–Kier alpha value is 1.01. The van der Waals surface area contributed by atoms with E-state index in [1.165, 1.54) is 6.16 Å². The van der Waals surface area contributed by atoms with Crippen molar-refractivity contribution in [2.45, 2.75) is 16.9 Å². The van der Waals surface area contributed by atoms with Crippen LogP contribution in [0.3, 0.4) is 0 Å². The first-order valence-electron chi connectivity index (χ1n) is 2.32. The van der Waals surface area contributed by atoms with E-state index in [0.29, 0.717) is 0 Å². The van der Waals surface area contributed by atoms with Gasteiger partial charge in [-0.2, -0.15) is 0 Å². The van der Waals surface area contributed by atoms with E-state index in [0.717, 1.165) is 15.0 Å². The Balaban J connectivity index is 2.33. The first-order valence-corrected chi connectivity index (χ1v) is 4.48. The van der Waals surface area contributed by atoms with Crippen molar-refractivity contribution in [3.8, 4) is 0 Å². The molecule has 1 aliphatic rings. The third-order valence-corrected chi connectivity index (χ3v) is 4.02. The van der Waals surface area contributed by atoms with E-state index in [9.17, 15) is 0 Å². The van der Waals surface area contributed by atoms with Gasteiger partial charge >= 0.3 is 0 Å². The summed E-state index contributed by atoms with van der Waals surface area (Å²) in [5.41, 5.74) is 0.